The minimum atomic E-state index is -0.181. The fourth-order valence-corrected chi connectivity index (χ4v) is 1.96. The van der Waals surface area contributed by atoms with E-state index in [-0.39, 0.29) is 5.41 Å². The second-order valence-electron chi connectivity index (χ2n) is 5.37. The van der Waals surface area contributed by atoms with Crippen LogP contribution in [-0.2, 0) is 0 Å². The van der Waals surface area contributed by atoms with E-state index in [9.17, 15) is 0 Å². The third-order valence-electron chi connectivity index (χ3n) is 3.15. The maximum atomic E-state index is 8.86. The molecule has 0 amide bonds. The number of likely N-dealkylation sites (tertiary alicyclic amines) is 1. The van der Waals surface area contributed by atoms with Gasteiger partial charge in [-0.3, -0.25) is 0 Å². The van der Waals surface area contributed by atoms with Gasteiger partial charge in [0.05, 0.1) is 11.5 Å². The highest BCUT2D eigenvalue weighted by Crippen LogP contribution is 2.17. The van der Waals surface area contributed by atoms with E-state index in [1.165, 1.54) is 19.5 Å². The Bertz CT molecular complexity index is 230. The molecule has 1 atom stereocenters. The molecule has 3 nitrogen and oxygen atoms in total. The third-order valence-corrected chi connectivity index (χ3v) is 3.15. The molecule has 1 N–H and O–H groups in total. The maximum absolute atomic E-state index is 8.86. The fourth-order valence-electron chi connectivity index (χ4n) is 1.96. The van der Waals surface area contributed by atoms with Crippen molar-refractivity contribution < 1.29 is 0 Å². The first-order chi connectivity index (χ1) is 7.03. The summed E-state index contributed by atoms with van der Waals surface area (Å²) in [5.41, 5.74) is -0.181. The molecule has 86 valence electrons. The van der Waals surface area contributed by atoms with Crippen molar-refractivity contribution in [3.8, 4) is 6.07 Å². The topological polar surface area (TPSA) is 39.1 Å². The zero-order valence-electron chi connectivity index (χ0n) is 10.2. The first kappa shape index (κ1) is 12.5. The minimum absolute atomic E-state index is 0.181. The molecule has 0 bridgehead atoms. The summed E-state index contributed by atoms with van der Waals surface area (Å²) in [5, 5.41) is 12.3. The van der Waals surface area contributed by atoms with Crippen LogP contribution in [0, 0.1) is 22.7 Å². The molecule has 0 radical (unpaired) electrons. The number of hydrogen-bond acceptors (Lipinski definition) is 3. The number of hydrogen-bond donors (Lipinski definition) is 1. The normalized spacial score (nSPS) is 22.9. The molecule has 1 heterocycles. The van der Waals surface area contributed by atoms with Crippen LogP contribution in [0.2, 0.25) is 0 Å². The van der Waals surface area contributed by atoms with Crippen molar-refractivity contribution in [2.45, 2.75) is 26.7 Å². The zero-order valence-corrected chi connectivity index (χ0v) is 10.2. The van der Waals surface area contributed by atoms with E-state index >= 15 is 0 Å². The van der Waals surface area contributed by atoms with E-state index in [1.807, 2.05) is 13.8 Å². The SMILES string of the molecule is CN1CCC(CNCCC(C)(C)C#N)C1. The predicted octanol–water partition coefficient (Wildman–Crippen LogP) is 1.47. The molecular formula is C12H23N3. The Morgan fingerprint density at radius 2 is 2.27 bits per heavy atom. The van der Waals surface area contributed by atoms with Crippen molar-refractivity contribution in [3.63, 3.8) is 0 Å². The molecule has 1 unspecified atom stereocenters. The number of nitriles is 1. The van der Waals surface area contributed by atoms with Gasteiger partial charge >= 0.3 is 0 Å². The maximum Gasteiger partial charge on any atom is 0.0684 e. The van der Waals surface area contributed by atoms with Crippen LogP contribution in [0.4, 0.5) is 0 Å². The van der Waals surface area contributed by atoms with Crippen LogP contribution in [0.5, 0.6) is 0 Å². The Morgan fingerprint density at radius 1 is 1.53 bits per heavy atom. The molecule has 1 saturated heterocycles. The van der Waals surface area contributed by atoms with Crippen LogP contribution < -0.4 is 5.32 Å². The highest BCUT2D eigenvalue weighted by Gasteiger charge is 2.19. The molecule has 1 fully saturated rings. The van der Waals surface area contributed by atoms with Gasteiger partial charge < -0.3 is 10.2 Å². The molecule has 0 aliphatic carbocycles. The van der Waals surface area contributed by atoms with Crippen LogP contribution >= 0.6 is 0 Å². The average molecular weight is 209 g/mol. The van der Waals surface area contributed by atoms with Crippen molar-refractivity contribution >= 4 is 0 Å². The van der Waals surface area contributed by atoms with E-state index in [1.54, 1.807) is 0 Å². The van der Waals surface area contributed by atoms with Crippen LogP contribution in [0.25, 0.3) is 0 Å². The smallest absolute Gasteiger partial charge is 0.0684 e. The second-order valence-corrected chi connectivity index (χ2v) is 5.37. The number of nitrogens with zero attached hydrogens (tertiary/aromatic N) is 2. The lowest BCUT2D eigenvalue weighted by atomic mass is 9.91. The van der Waals surface area contributed by atoms with Crippen LogP contribution in [0.15, 0.2) is 0 Å². The Morgan fingerprint density at radius 3 is 2.80 bits per heavy atom. The summed E-state index contributed by atoms with van der Waals surface area (Å²) in [7, 11) is 2.18. The average Bonchev–Trinajstić information content (AvgIpc) is 2.59. The summed E-state index contributed by atoms with van der Waals surface area (Å²) in [6.45, 7) is 8.51. The summed E-state index contributed by atoms with van der Waals surface area (Å²) in [4.78, 5) is 2.38. The van der Waals surface area contributed by atoms with Crippen LogP contribution in [-0.4, -0.2) is 38.1 Å². The lowest BCUT2D eigenvalue weighted by Crippen LogP contribution is -2.28. The summed E-state index contributed by atoms with van der Waals surface area (Å²) >= 11 is 0. The lowest BCUT2D eigenvalue weighted by Gasteiger charge is -2.16. The Hall–Kier alpha value is -0.590. The van der Waals surface area contributed by atoms with Crippen molar-refractivity contribution in [2.24, 2.45) is 11.3 Å². The Labute approximate surface area is 93.5 Å². The van der Waals surface area contributed by atoms with Crippen LogP contribution in [0.3, 0.4) is 0 Å². The molecule has 1 aliphatic rings. The minimum Gasteiger partial charge on any atom is -0.316 e. The van der Waals surface area contributed by atoms with Crippen molar-refractivity contribution in [1.82, 2.24) is 10.2 Å². The van der Waals surface area contributed by atoms with Gasteiger partial charge in [0.2, 0.25) is 0 Å². The van der Waals surface area contributed by atoms with E-state index in [0.717, 1.165) is 25.4 Å². The van der Waals surface area contributed by atoms with Gasteiger partial charge in [-0.15, -0.1) is 0 Å². The molecule has 1 rings (SSSR count). The second kappa shape index (κ2) is 5.48. The van der Waals surface area contributed by atoms with E-state index in [0.29, 0.717) is 0 Å². The zero-order chi connectivity index (χ0) is 11.3. The Balaban J connectivity index is 2.05. The first-order valence-corrected chi connectivity index (χ1v) is 5.84. The van der Waals surface area contributed by atoms with Crippen molar-refractivity contribution in [3.05, 3.63) is 0 Å². The number of rotatable bonds is 5. The lowest BCUT2D eigenvalue weighted by molar-refractivity contribution is 0.378. The fraction of sp³-hybridized carbons (Fsp3) is 0.917. The molecule has 0 aromatic carbocycles. The van der Waals surface area contributed by atoms with Gasteiger partial charge in [0.15, 0.2) is 0 Å². The largest absolute Gasteiger partial charge is 0.316 e. The highest BCUT2D eigenvalue weighted by atomic mass is 15.1. The van der Waals surface area contributed by atoms with Crippen molar-refractivity contribution in [2.75, 3.05) is 33.2 Å². The molecule has 0 saturated carbocycles. The van der Waals surface area contributed by atoms with Gasteiger partial charge in [-0.1, -0.05) is 0 Å². The van der Waals surface area contributed by atoms with Gasteiger partial charge in [0.1, 0.15) is 0 Å². The first-order valence-electron chi connectivity index (χ1n) is 5.84. The van der Waals surface area contributed by atoms with Gasteiger partial charge in [-0.25, -0.2) is 0 Å². The molecule has 0 aromatic heterocycles. The highest BCUT2D eigenvalue weighted by molar-refractivity contribution is 4.91. The van der Waals surface area contributed by atoms with Gasteiger partial charge in [0.25, 0.3) is 0 Å². The van der Waals surface area contributed by atoms with E-state index < -0.39 is 0 Å². The quantitative estimate of drug-likeness (QED) is 0.697. The summed E-state index contributed by atoms with van der Waals surface area (Å²) in [6, 6.07) is 2.33. The van der Waals surface area contributed by atoms with Crippen LogP contribution in [0.1, 0.15) is 26.7 Å². The predicted molar refractivity (Wildman–Crippen MR) is 62.5 cm³/mol. The van der Waals surface area contributed by atoms with E-state index in [4.69, 9.17) is 5.26 Å². The Kier molecular flexibility index (Phi) is 4.56. The summed E-state index contributed by atoms with van der Waals surface area (Å²) < 4.78 is 0. The monoisotopic (exact) mass is 209 g/mol. The third kappa shape index (κ3) is 4.63. The molecule has 0 spiro atoms. The number of nitrogens with one attached hydrogen (secondary N) is 1. The molecule has 0 aromatic rings. The van der Waals surface area contributed by atoms with Gasteiger partial charge in [-0.05, 0) is 59.3 Å². The molecule has 3 heteroatoms. The summed E-state index contributed by atoms with van der Waals surface area (Å²) in [5.74, 6) is 0.806. The molecule has 15 heavy (non-hydrogen) atoms. The molecule has 1 aliphatic heterocycles. The molecular weight excluding hydrogens is 186 g/mol. The van der Waals surface area contributed by atoms with Gasteiger partial charge in [0, 0.05) is 6.54 Å². The van der Waals surface area contributed by atoms with Gasteiger partial charge in [-0.2, -0.15) is 5.26 Å². The van der Waals surface area contributed by atoms with Crippen molar-refractivity contribution in [1.29, 1.82) is 5.26 Å². The van der Waals surface area contributed by atoms with E-state index in [2.05, 4.69) is 23.3 Å². The standard InChI is InChI=1S/C12H23N3/c1-12(2,10-13)5-6-14-8-11-4-7-15(3)9-11/h11,14H,4-9H2,1-3H3. The summed E-state index contributed by atoms with van der Waals surface area (Å²) in [6.07, 6.45) is 2.25.